The molecule has 2 amide bonds. The third-order valence-electron chi connectivity index (χ3n) is 4.77. The third kappa shape index (κ3) is 9.95. The lowest BCUT2D eigenvalue weighted by molar-refractivity contribution is -0.140. The van der Waals surface area contributed by atoms with Crippen LogP contribution in [0.5, 0.6) is 0 Å². The Morgan fingerprint density at radius 1 is 1.13 bits per heavy atom. The first kappa shape index (κ1) is 30.5. The summed E-state index contributed by atoms with van der Waals surface area (Å²) in [7, 11) is 0. The predicted molar refractivity (Wildman–Crippen MR) is 144 cm³/mol. The molecule has 0 heterocycles. The van der Waals surface area contributed by atoms with Gasteiger partial charge in [-0.25, -0.2) is 4.79 Å². The number of carboxylic acid groups (broad SMARTS) is 1. The number of thioether (sulfide) groups is 1. The van der Waals surface area contributed by atoms with Crippen LogP contribution < -0.4 is 10.6 Å². The van der Waals surface area contributed by atoms with Gasteiger partial charge in [-0.05, 0) is 53.6 Å². The molecule has 0 saturated heterocycles. The molecule has 0 bridgehead atoms. The molecule has 0 fully saturated rings. The fourth-order valence-corrected chi connectivity index (χ4v) is 4.03. The summed E-state index contributed by atoms with van der Waals surface area (Å²) in [5, 5.41) is 14.7. The van der Waals surface area contributed by atoms with Crippen molar-refractivity contribution in [2.24, 2.45) is 0 Å². The molecule has 38 heavy (non-hydrogen) atoms. The molecule has 2 rings (SSSR count). The summed E-state index contributed by atoms with van der Waals surface area (Å²) >= 11 is 7.22. The number of amides is 2. The summed E-state index contributed by atoms with van der Waals surface area (Å²) in [6.45, 7) is 7.39. The van der Waals surface area contributed by atoms with Gasteiger partial charge < -0.3 is 15.7 Å². The molecule has 0 aliphatic carbocycles. The predicted octanol–water partition coefficient (Wildman–Crippen LogP) is 5.73. The normalized spacial score (nSPS) is 12.6. The second-order valence-corrected chi connectivity index (χ2v) is 9.24. The van der Waals surface area contributed by atoms with Crippen molar-refractivity contribution < 1.29 is 32.7 Å². The van der Waals surface area contributed by atoms with Crippen LogP contribution in [-0.4, -0.2) is 40.4 Å². The number of nitrogens with one attached hydrogen (secondary N) is 2. The highest BCUT2D eigenvalue weighted by molar-refractivity contribution is 7.99. The van der Waals surface area contributed by atoms with Crippen LogP contribution in [0.4, 0.5) is 13.2 Å². The molecule has 0 saturated carbocycles. The standard InChI is InChI=1S/C27H24ClF3N2O4S/c1-3-4-6-17(2)15-38-16-23(26(36)37)33-25(35)22(14-18-7-5-8-21(28)13-18)32-24(34)19-9-11-20(12-10-19)27(29,30)31/h3-14,23H,1-2,15-16H2,(H,32,34)(H,33,35)(H,36,37)/t23-/m0/s1. The molecule has 2 aromatic rings. The Balaban J connectivity index is 2.24. The van der Waals surface area contributed by atoms with Crippen molar-refractivity contribution in [3.05, 3.63) is 113 Å². The van der Waals surface area contributed by atoms with E-state index in [1.54, 1.807) is 36.4 Å². The molecule has 0 spiro atoms. The number of halogens is 4. The first-order valence-electron chi connectivity index (χ1n) is 10.9. The summed E-state index contributed by atoms with van der Waals surface area (Å²) in [6.07, 6.45) is 1.67. The van der Waals surface area contributed by atoms with E-state index < -0.39 is 35.6 Å². The molecule has 2 aromatic carbocycles. The number of hydrogen-bond acceptors (Lipinski definition) is 4. The van der Waals surface area contributed by atoms with Crippen molar-refractivity contribution >= 4 is 47.2 Å². The van der Waals surface area contributed by atoms with Gasteiger partial charge in [-0.1, -0.05) is 55.1 Å². The Labute approximate surface area is 227 Å². The van der Waals surface area contributed by atoms with Gasteiger partial charge in [-0.2, -0.15) is 24.9 Å². The maximum atomic E-state index is 13.0. The van der Waals surface area contributed by atoms with E-state index >= 15 is 0 Å². The minimum absolute atomic E-state index is 0.000676. The van der Waals surface area contributed by atoms with Crippen LogP contribution in [0.15, 0.2) is 91.2 Å². The fourth-order valence-electron chi connectivity index (χ4n) is 2.90. The Hall–Kier alpha value is -3.76. The first-order chi connectivity index (χ1) is 17.9. The zero-order valence-corrected chi connectivity index (χ0v) is 21.5. The molecule has 0 radical (unpaired) electrons. The van der Waals surface area contributed by atoms with E-state index in [2.05, 4.69) is 23.8 Å². The van der Waals surface area contributed by atoms with Crippen LogP contribution in [0, 0.1) is 0 Å². The summed E-state index contributed by atoms with van der Waals surface area (Å²) in [5.41, 5.74) is -0.269. The van der Waals surface area contributed by atoms with Crippen LogP contribution in [0.3, 0.4) is 0 Å². The van der Waals surface area contributed by atoms with Gasteiger partial charge in [0.05, 0.1) is 5.56 Å². The molecule has 11 heteroatoms. The van der Waals surface area contributed by atoms with E-state index in [0.717, 1.165) is 29.8 Å². The Morgan fingerprint density at radius 2 is 1.82 bits per heavy atom. The van der Waals surface area contributed by atoms with E-state index in [1.165, 1.54) is 23.9 Å². The minimum Gasteiger partial charge on any atom is -0.480 e. The Kier molecular flexibility index (Phi) is 11.4. The number of carboxylic acids is 1. The van der Waals surface area contributed by atoms with Crippen LogP contribution in [0.2, 0.25) is 5.02 Å². The van der Waals surface area contributed by atoms with Gasteiger partial charge in [0, 0.05) is 22.1 Å². The highest BCUT2D eigenvalue weighted by Crippen LogP contribution is 2.29. The highest BCUT2D eigenvalue weighted by Gasteiger charge is 2.30. The number of hydrogen-bond donors (Lipinski definition) is 3. The van der Waals surface area contributed by atoms with Crippen LogP contribution in [0.1, 0.15) is 21.5 Å². The third-order valence-corrected chi connectivity index (χ3v) is 6.15. The topological polar surface area (TPSA) is 95.5 Å². The number of alkyl halides is 3. The molecule has 3 N–H and O–H groups in total. The van der Waals surface area contributed by atoms with Crippen molar-refractivity contribution in [1.29, 1.82) is 0 Å². The molecule has 0 aliphatic heterocycles. The quantitative estimate of drug-likeness (QED) is 0.226. The highest BCUT2D eigenvalue weighted by atomic mass is 35.5. The summed E-state index contributed by atoms with van der Waals surface area (Å²) in [4.78, 5) is 37.6. The van der Waals surface area contributed by atoms with E-state index in [1.807, 2.05) is 0 Å². The summed E-state index contributed by atoms with van der Waals surface area (Å²) in [5.74, 6) is -2.68. The van der Waals surface area contributed by atoms with Crippen LogP contribution >= 0.6 is 23.4 Å². The van der Waals surface area contributed by atoms with Crippen molar-refractivity contribution in [3.63, 3.8) is 0 Å². The molecule has 6 nitrogen and oxygen atoms in total. The summed E-state index contributed by atoms with van der Waals surface area (Å²) < 4.78 is 38.6. The van der Waals surface area contributed by atoms with Gasteiger partial charge in [-0.15, -0.1) is 0 Å². The SMILES string of the molecule is C=CC=CC(=C)CSC[C@H](NC(=O)C(=Cc1cccc(Cl)c1)NC(=O)c1ccc(C(F)(F)F)cc1)C(=O)O. The minimum atomic E-state index is -4.58. The Bertz CT molecular complexity index is 1260. The number of allylic oxidation sites excluding steroid dienone is 3. The van der Waals surface area contributed by atoms with Gasteiger partial charge in [0.1, 0.15) is 11.7 Å². The monoisotopic (exact) mass is 564 g/mol. The lowest BCUT2D eigenvalue weighted by Gasteiger charge is -2.17. The largest absolute Gasteiger partial charge is 0.480 e. The maximum Gasteiger partial charge on any atom is 0.416 e. The van der Waals surface area contributed by atoms with Crippen molar-refractivity contribution in [3.8, 4) is 0 Å². The van der Waals surface area contributed by atoms with Gasteiger partial charge >= 0.3 is 12.1 Å². The molecule has 0 aromatic heterocycles. The number of rotatable bonds is 12. The van der Waals surface area contributed by atoms with E-state index in [0.29, 0.717) is 16.3 Å². The molecule has 0 unspecified atom stereocenters. The second-order valence-electron chi connectivity index (χ2n) is 7.77. The number of carbonyl (C=O) groups is 3. The molecule has 1 atom stereocenters. The van der Waals surface area contributed by atoms with E-state index in [-0.39, 0.29) is 17.0 Å². The van der Waals surface area contributed by atoms with Crippen molar-refractivity contribution in [2.75, 3.05) is 11.5 Å². The molecular formula is C27H24ClF3N2O4S. The second kappa shape index (κ2) is 14.3. The lowest BCUT2D eigenvalue weighted by atomic mass is 10.1. The molecular weight excluding hydrogens is 541 g/mol. The van der Waals surface area contributed by atoms with Crippen molar-refractivity contribution in [2.45, 2.75) is 12.2 Å². The number of benzene rings is 2. The van der Waals surface area contributed by atoms with Gasteiger partial charge in [0.15, 0.2) is 0 Å². The van der Waals surface area contributed by atoms with Gasteiger partial charge in [0.2, 0.25) is 0 Å². The van der Waals surface area contributed by atoms with Crippen LogP contribution in [0.25, 0.3) is 6.08 Å². The van der Waals surface area contributed by atoms with Gasteiger partial charge in [-0.3, -0.25) is 9.59 Å². The number of aliphatic carboxylic acids is 1. The first-order valence-corrected chi connectivity index (χ1v) is 12.5. The van der Waals surface area contributed by atoms with Crippen molar-refractivity contribution in [1.82, 2.24) is 10.6 Å². The fraction of sp³-hybridized carbons (Fsp3) is 0.148. The summed E-state index contributed by atoms with van der Waals surface area (Å²) in [6, 6.07) is 8.41. The molecule has 200 valence electrons. The number of carbonyl (C=O) groups excluding carboxylic acids is 2. The van der Waals surface area contributed by atoms with Gasteiger partial charge in [0.25, 0.3) is 11.8 Å². The maximum absolute atomic E-state index is 13.0. The van der Waals surface area contributed by atoms with E-state index in [9.17, 15) is 32.7 Å². The smallest absolute Gasteiger partial charge is 0.416 e. The zero-order valence-electron chi connectivity index (χ0n) is 19.9. The average Bonchev–Trinajstić information content (AvgIpc) is 2.85. The lowest BCUT2D eigenvalue weighted by Crippen LogP contribution is -2.45. The molecule has 0 aliphatic rings. The zero-order chi connectivity index (χ0) is 28.3. The van der Waals surface area contributed by atoms with E-state index in [4.69, 9.17) is 11.6 Å². The average molecular weight is 565 g/mol. The Morgan fingerprint density at radius 3 is 2.39 bits per heavy atom. The van der Waals surface area contributed by atoms with Crippen LogP contribution in [-0.2, 0) is 15.8 Å².